The fourth-order valence-corrected chi connectivity index (χ4v) is 8.09. The lowest BCUT2D eigenvalue weighted by Gasteiger charge is -2.50. The van der Waals surface area contributed by atoms with Crippen LogP contribution in [-0.2, 0) is 19.7 Å². The van der Waals surface area contributed by atoms with Gasteiger partial charge in [-0.25, -0.2) is 9.37 Å². The molecule has 0 bridgehead atoms. The smallest absolute Gasteiger partial charge is 0.238 e. The maximum Gasteiger partial charge on any atom is 0.238 e. The first-order valence-corrected chi connectivity index (χ1v) is 15.1. The molecule has 4 aliphatic rings. The van der Waals surface area contributed by atoms with Crippen LogP contribution < -0.4 is 16.0 Å². The second-order valence-corrected chi connectivity index (χ2v) is 13.7. The molecular formula is C30H35Cl2FN4O5. The van der Waals surface area contributed by atoms with Crippen LogP contribution in [0.15, 0.2) is 30.5 Å². The number of hydrogen-bond donors (Lipinski definition) is 5. The molecule has 0 radical (unpaired) electrons. The first kappa shape index (κ1) is 29.7. The summed E-state index contributed by atoms with van der Waals surface area (Å²) in [6.45, 7) is 4.12. The third kappa shape index (κ3) is 4.53. The Bertz CT molecular complexity index is 1420. The number of pyridine rings is 1. The van der Waals surface area contributed by atoms with Gasteiger partial charge in [-0.1, -0.05) is 43.1 Å². The van der Waals surface area contributed by atoms with E-state index in [1.54, 1.807) is 18.2 Å². The van der Waals surface area contributed by atoms with Crippen LogP contribution in [0.2, 0.25) is 10.2 Å². The van der Waals surface area contributed by atoms with Gasteiger partial charge in [-0.3, -0.25) is 14.9 Å². The maximum absolute atomic E-state index is 16.0. The molecular weight excluding hydrogens is 586 g/mol. The molecule has 2 aromatic rings. The van der Waals surface area contributed by atoms with Crippen molar-refractivity contribution in [2.45, 2.75) is 87.1 Å². The molecule has 3 fully saturated rings. The Hall–Kier alpha value is -2.34. The van der Waals surface area contributed by atoms with Crippen LogP contribution in [0, 0.1) is 11.2 Å². The third-order valence-electron chi connectivity index (χ3n) is 9.94. The summed E-state index contributed by atoms with van der Waals surface area (Å²) in [5, 5.41) is 29.5. The van der Waals surface area contributed by atoms with Gasteiger partial charge in [0, 0.05) is 28.4 Å². The van der Waals surface area contributed by atoms with Gasteiger partial charge in [0.15, 0.2) is 11.0 Å². The standard InChI is InChI=1S/C30H35Cl2FN4O5/c1-28(2)6-8-29(9-7-28)30(18-4-3-15(31)11-19(18)36-27(30)41)22(17-5-10-34-25(32)23(17)33)24(37-29)26(40)35-16-12-20(39)21(13-38)42-14-16/h3-5,10-11,16,20-22,24,37-39H,6-9,12-14H2,1-2H3,(H,35,40)(H,36,41)/t16-,20+,21-,22+,24-,30-/m1/s1. The number of hydrogen-bond acceptors (Lipinski definition) is 7. The first-order valence-electron chi connectivity index (χ1n) is 14.3. The fourth-order valence-electron chi connectivity index (χ4n) is 7.76. The zero-order chi connectivity index (χ0) is 30.0. The molecule has 2 spiro atoms. The molecule has 5 N–H and O–H groups in total. The first-order chi connectivity index (χ1) is 19.9. The average Bonchev–Trinajstić information content (AvgIpc) is 3.40. The second kappa shape index (κ2) is 10.7. The molecule has 2 saturated heterocycles. The van der Waals surface area contributed by atoms with Crippen LogP contribution in [-0.4, -0.2) is 70.1 Å². The topological polar surface area (TPSA) is 133 Å². The van der Waals surface area contributed by atoms with Crippen molar-refractivity contribution in [1.82, 2.24) is 15.6 Å². The summed E-state index contributed by atoms with van der Waals surface area (Å²) in [4.78, 5) is 32.6. The Balaban J connectivity index is 1.51. The van der Waals surface area contributed by atoms with E-state index in [2.05, 4.69) is 34.8 Å². The van der Waals surface area contributed by atoms with E-state index in [0.717, 1.165) is 12.8 Å². The summed E-state index contributed by atoms with van der Waals surface area (Å²) in [5.74, 6) is -2.57. The number of nitrogens with one attached hydrogen (secondary N) is 3. The number of benzene rings is 1. The molecule has 226 valence electrons. The predicted octanol–water partition coefficient (Wildman–Crippen LogP) is 3.44. The second-order valence-electron chi connectivity index (χ2n) is 12.9. The summed E-state index contributed by atoms with van der Waals surface area (Å²) in [5.41, 5.74) is -0.955. The van der Waals surface area contributed by atoms with Crippen LogP contribution in [0.3, 0.4) is 0 Å². The normalized spacial score (nSPS) is 33.0. The van der Waals surface area contributed by atoms with Crippen molar-refractivity contribution in [3.63, 3.8) is 0 Å². The highest BCUT2D eigenvalue weighted by molar-refractivity contribution is 6.31. The van der Waals surface area contributed by atoms with Gasteiger partial charge < -0.3 is 25.6 Å². The quantitative estimate of drug-likeness (QED) is 0.331. The van der Waals surface area contributed by atoms with Crippen molar-refractivity contribution >= 4 is 40.7 Å². The molecule has 1 aliphatic carbocycles. The van der Waals surface area contributed by atoms with Crippen molar-refractivity contribution in [3.8, 4) is 0 Å². The van der Waals surface area contributed by atoms with Gasteiger partial charge in [0.1, 0.15) is 11.5 Å². The van der Waals surface area contributed by atoms with Crippen LogP contribution in [0.5, 0.6) is 0 Å². The zero-order valence-corrected chi connectivity index (χ0v) is 24.9. The predicted molar refractivity (Wildman–Crippen MR) is 155 cm³/mol. The zero-order valence-electron chi connectivity index (χ0n) is 23.4. The number of halogens is 3. The molecule has 1 saturated carbocycles. The molecule has 3 aliphatic heterocycles. The summed E-state index contributed by atoms with van der Waals surface area (Å²) in [7, 11) is 0. The number of aromatic nitrogens is 1. The van der Waals surface area contributed by atoms with E-state index in [0.29, 0.717) is 29.1 Å². The van der Waals surface area contributed by atoms with Crippen LogP contribution in [0.4, 0.5) is 10.1 Å². The highest BCUT2D eigenvalue weighted by Crippen LogP contribution is 2.64. The lowest BCUT2D eigenvalue weighted by Crippen LogP contribution is -2.61. The van der Waals surface area contributed by atoms with E-state index < -0.39 is 52.9 Å². The fraction of sp³-hybridized carbons (Fsp3) is 0.567. The lowest BCUT2D eigenvalue weighted by atomic mass is 9.53. The number of nitrogens with zero attached hydrogens (tertiary/aromatic N) is 1. The minimum absolute atomic E-state index is 0.0198. The van der Waals surface area contributed by atoms with Gasteiger partial charge in [0.2, 0.25) is 11.8 Å². The number of rotatable bonds is 4. The number of fused-ring (bicyclic) bond motifs is 3. The molecule has 6 atom stereocenters. The molecule has 2 amide bonds. The van der Waals surface area contributed by atoms with Gasteiger partial charge >= 0.3 is 0 Å². The van der Waals surface area contributed by atoms with Crippen molar-refractivity contribution in [2.75, 3.05) is 18.5 Å². The van der Waals surface area contributed by atoms with E-state index in [9.17, 15) is 19.8 Å². The van der Waals surface area contributed by atoms with Gasteiger partial charge in [-0.2, -0.15) is 0 Å². The number of carbonyl (C=O) groups is 2. The Labute approximate surface area is 253 Å². The Morgan fingerprint density at radius 1 is 1.21 bits per heavy atom. The van der Waals surface area contributed by atoms with Crippen molar-refractivity contribution in [2.24, 2.45) is 5.41 Å². The highest BCUT2D eigenvalue weighted by atomic mass is 35.5. The van der Waals surface area contributed by atoms with Crippen molar-refractivity contribution in [1.29, 1.82) is 0 Å². The number of amides is 2. The Morgan fingerprint density at radius 2 is 1.95 bits per heavy atom. The van der Waals surface area contributed by atoms with Gasteiger partial charge in [-0.05, 0) is 66.8 Å². The van der Waals surface area contributed by atoms with Gasteiger partial charge in [-0.15, -0.1) is 0 Å². The minimum Gasteiger partial charge on any atom is -0.394 e. The molecule has 12 heteroatoms. The molecule has 0 unspecified atom stereocenters. The lowest BCUT2D eigenvalue weighted by molar-refractivity contribution is -0.131. The number of ether oxygens (including phenoxy) is 1. The number of aliphatic hydroxyl groups excluding tert-OH is 2. The summed E-state index contributed by atoms with van der Waals surface area (Å²) >= 11 is 12.5. The molecule has 9 nitrogen and oxygen atoms in total. The van der Waals surface area contributed by atoms with E-state index in [4.69, 9.17) is 27.9 Å². The summed E-state index contributed by atoms with van der Waals surface area (Å²) in [6.07, 6.45) is 2.57. The molecule has 1 aromatic carbocycles. The van der Waals surface area contributed by atoms with E-state index >= 15 is 4.39 Å². The van der Waals surface area contributed by atoms with Crippen molar-refractivity contribution in [3.05, 3.63) is 57.6 Å². The van der Waals surface area contributed by atoms with Crippen LogP contribution in [0.1, 0.15) is 63.0 Å². The molecule has 1 aromatic heterocycles. The summed E-state index contributed by atoms with van der Waals surface area (Å²) in [6, 6.07) is 5.09. The average molecular weight is 622 g/mol. The number of aliphatic hydroxyl groups is 2. The number of anilines is 1. The molecule has 6 rings (SSSR count). The number of carbonyl (C=O) groups excluding carboxylic acids is 2. The van der Waals surface area contributed by atoms with Gasteiger partial charge in [0.05, 0.1) is 31.4 Å². The summed E-state index contributed by atoms with van der Waals surface area (Å²) < 4.78 is 21.5. The van der Waals surface area contributed by atoms with E-state index in [1.165, 1.54) is 12.3 Å². The van der Waals surface area contributed by atoms with Gasteiger partial charge in [0.25, 0.3) is 0 Å². The minimum atomic E-state index is -1.37. The monoisotopic (exact) mass is 620 g/mol. The third-order valence-corrected chi connectivity index (χ3v) is 10.4. The molecule has 42 heavy (non-hydrogen) atoms. The Morgan fingerprint density at radius 3 is 2.64 bits per heavy atom. The molecule has 4 heterocycles. The highest BCUT2D eigenvalue weighted by Gasteiger charge is 2.73. The van der Waals surface area contributed by atoms with Crippen LogP contribution >= 0.6 is 23.2 Å². The van der Waals surface area contributed by atoms with E-state index in [1.807, 2.05) is 0 Å². The Kier molecular flexibility index (Phi) is 7.56. The maximum atomic E-state index is 16.0. The largest absolute Gasteiger partial charge is 0.394 e. The van der Waals surface area contributed by atoms with Crippen molar-refractivity contribution < 1.29 is 28.9 Å². The van der Waals surface area contributed by atoms with E-state index in [-0.39, 0.29) is 41.7 Å². The van der Waals surface area contributed by atoms with Crippen LogP contribution in [0.25, 0.3) is 0 Å². The SMILES string of the molecule is CC1(C)CCC2(CC1)N[C@@H](C(=O)N[C@H]1CO[C@H](CO)[C@@H](O)C1)[C@H](c1ccnc(Cl)c1F)[C@]21C(=O)Nc2cc(Cl)ccc21.